The topological polar surface area (TPSA) is 54.5 Å². The van der Waals surface area contributed by atoms with E-state index in [1.165, 1.54) is 4.90 Å². The largest absolute Gasteiger partial charge is 0.340 e. The van der Waals surface area contributed by atoms with E-state index in [-0.39, 0.29) is 23.5 Å². The van der Waals surface area contributed by atoms with Crippen LogP contribution in [0.2, 0.25) is 0 Å². The van der Waals surface area contributed by atoms with Gasteiger partial charge in [-0.2, -0.15) is 0 Å². The second-order valence-corrected chi connectivity index (χ2v) is 6.51. The fourth-order valence-corrected chi connectivity index (χ4v) is 3.47. The molecule has 0 radical (unpaired) electrons. The number of alkyl halides is 1. The summed E-state index contributed by atoms with van der Waals surface area (Å²) in [6.07, 6.45) is 0.522. The van der Waals surface area contributed by atoms with Gasteiger partial charge in [-0.15, -0.1) is 11.6 Å². The van der Waals surface area contributed by atoms with Crippen molar-refractivity contribution >= 4 is 27.3 Å². The number of rotatable bonds is 2. The number of hydrogen-bond acceptors (Lipinski definition) is 3. The maximum atomic E-state index is 11.4. The summed E-state index contributed by atoms with van der Waals surface area (Å²) in [6, 6.07) is -0.200. The summed E-state index contributed by atoms with van der Waals surface area (Å²) in [5.74, 6) is 0.0268. The predicted molar refractivity (Wildman–Crippen MR) is 55.1 cm³/mol. The molecule has 1 saturated heterocycles. The molecule has 0 unspecified atom stereocenters. The molecule has 1 rings (SSSR count). The maximum absolute atomic E-state index is 11.4. The number of carbonyl (C=O) groups is 1. The van der Waals surface area contributed by atoms with Crippen LogP contribution in [0.4, 0.5) is 0 Å². The van der Waals surface area contributed by atoms with E-state index in [0.717, 1.165) is 0 Å². The van der Waals surface area contributed by atoms with Gasteiger partial charge < -0.3 is 4.90 Å². The van der Waals surface area contributed by atoms with Crippen LogP contribution >= 0.6 is 11.6 Å². The second kappa shape index (κ2) is 4.06. The minimum atomic E-state index is -2.94. The van der Waals surface area contributed by atoms with Gasteiger partial charge in [-0.05, 0) is 13.3 Å². The maximum Gasteiger partial charge on any atom is 0.240 e. The minimum Gasteiger partial charge on any atom is -0.340 e. The highest BCUT2D eigenvalue weighted by atomic mass is 35.5. The molecule has 4 nitrogen and oxygen atoms in total. The summed E-state index contributed by atoms with van der Waals surface area (Å²) in [5, 5.41) is -0.594. The minimum absolute atomic E-state index is 0.0683. The van der Waals surface area contributed by atoms with E-state index < -0.39 is 15.2 Å². The van der Waals surface area contributed by atoms with E-state index in [0.29, 0.717) is 6.42 Å². The Kier molecular flexibility index (Phi) is 3.42. The van der Waals surface area contributed by atoms with Gasteiger partial charge in [0.05, 0.1) is 11.5 Å². The summed E-state index contributed by atoms with van der Waals surface area (Å²) in [4.78, 5) is 12.9. The molecule has 1 amide bonds. The standard InChI is InChI=1S/C8H14ClNO3S/c1-6(9)8(11)10(2)7-3-4-14(12,13)5-7/h6-7H,3-5H2,1-2H3/t6-,7+/m1/s1. The molecular weight excluding hydrogens is 226 g/mol. The monoisotopic (exact) mass is 239 g/mol. The molecule has 1 aliphatic heterocycles. The van der Waals surface area contributed by atoms with Crippen LogP contribution in [0.3, 0.4) is 0 Å². The summed E-state index contributed by atoms with van der Waals surface area (Å²) >= 11 is 5.63. The van der Waals surface area contributed by atoms with Gasteiger partial charge in [-0.1, -0.05) is 0 Å². The molecule has 6 heteroatoms. The molecule has 1 fully saturated rings. The van der Waals surface area contributed by atoms with E-state index in [1.807, 2.05) is 0 Å². The van der Waals surface area contributed by atoms with Gasteiger partial charge in [0.2, 0.25) is 5.91 Å². The summed E-state index contributed by atoms with van der Waals surface area (Å²) in [7, 11) is -1.33. The zero-order valence-electron chi connectivity index (χ0n) is 8.23. The highest BCUT2D eigenvalue weighted by Gasteiger charge is 2.33. The lowest BCUT2D eigenvalue weighted by atomic mass is 10.2. The molecule has 1 aliphatic rings. The van der Waals surface area contributed by atoms with Crippen LogP contribution < -0.4 is 0 Å². The van der Waals surface area contributed by atoms with Crippen LogP contribution in [0.25, 0.3) is 0 Å². The Labute approximate surface area is 89.1 Å². The predicted octanol–water partition coefficient (Wildman–Crippen LogP) is 0.259. The SMILES string of the molecule is C[C@@H](Cl)C(=O)N(C)[C@H]1CCS(=O)(=O)C1. The molecule has 82 valence electrons. The molecule has 0 aliphatic carbocycles. The number of amides is 1. The lowest BCUT2D eigenvalue weighted by molar-refractivity contribution is -0.130. The van der Waals surface area contributed by atoms with Crippen molar-refractivity contribution in [2.24, 2.45) is 0 Å². The highest BCUT2D eigenvalue weighted by Crippen LogP contribution is 2.17. The van der Waals surface area contributed by atoms with Gasteiger partial charge in [0.15, 0.2) is 9.84 Å². The smallest absolute Gasteiger partial charge is 0.240 e. The normalized spacial score (nSPS) is 27.2. The van der Waals surface area contributed by atoms with Crippen molar-refractivity contribution in [3.8, 4) is 0 Å². The van der Waals surface area contributed by atoms with Crippen LogP contribution in [-0.2, 0) is 14.6 Å². The first kappa shape index (κ1) is 11.8. The summed E-state index contributed by atoms with van der Waals surface area (Å²) < 4.78 is 22.3. The zero-order valence-corrected chi connectivity index (χ0v) is 9.81. The molecule has 0 bridgehead atoms. The third-order valence-corrected chi connectivity index (χ3v) is 4.38. The molecule has 2 atom stereocenters. The van der Waals surface area contributed by atoms with Gasteiger partial charge in [0, 0.05) is 13.1 Å². The number of carbonyl (C=O) groups excluding carboxylic acids is 1. The Balaban J connectivity index is 2.64. The van der Waals surface area contributed by atoms with Gasteiger partial charge in [0.25, 0.3) is 0 Å². The number of halogens is 1. The van der Waals surface area contributed by atoms with Crippen molar-refractivity contribution in [2.45, 2.75) is 24.8 Å². The fraction of sp³-hybridized carbons (Fsp3) is 0.875. The highest BCUT2D eigenvalue weighted by molar-refractivity contribution is 7.91. The van der Waals surface area contributed by atoms with Crippen LogP contribution in [0, 0.1) is 0 Å². The summed E-state index contributed by atoms with van der Waals surface area (Å²) in [6.45, 7) is 1.59. The van der Waals surface area contributed by atoms with Crippen molar-refractivity contribution in [2.75, 3.05) is 18.6 Å². The average Bonchev–Trinajstić information content (AvgIpc) is 2.43. The molecule has 0 saturated carbocycles. The van der Waals surface area contributed by atoms with E-state index >= 15 is 0 Å². The molecule has 0 aromatic carbocycles. The van der Waals surface area contributed by atoms with Gasteiger partial charge >= 0.3 is 0 Å². The van der Waals surface area contributed by atoms with Gasteiger partial charge in [-0.3, -0.25) is 4.79 Å². The van der Waals surface area contributed by atoms with Crippen LogP contribution in [-0.4, -0.2) is 49.2 Å². The van der Waals surface area contributed by atoms with E-state index in [2.05, 4.69) is 0 Å². The van der Waals surface area contributed by atoms with Crippen molar-refractivity contribution in [3.05, 3.63) is 0 Å². The molecule has 1 heterocycles. The Bertz CT molecular complexity index is 325. The lowest BCUT2D eigenvalue weighted by Gasteiger charge is -2.24. The van der Waals surface area contributed by atoms with Gasteiger partial charge in [-0.25, -0.2) is 8.42 Å². The third-order valence-electron chi connectivity index (χ3n) is 2.44. The van der Waals surface area contributed by atoms with Crippen molar-refractivity contribution in [1.29, 1.82) is 0 Å². The molecular formula is C8H14ClNO3S. The molecule has 0 spiro atoms. The first-order valence-electron chi connectivity index (χ1n) is 4.44. The Morgan fingerprint density at radius 3 is 2.50 bits per heavy atom. The Hall–Kier alpha value is -0.290. The van der Waals surface area contributed by atoms with Crippen LogP contribution in [0.5, 0.6) is 0 Å². The van der Waals surface area contributed by atoms with Crippen LogP contribution in [0.1, 0.15) is 13.3 Å². The summed E-state index contributed by atoms with van der Waals surface area (Å²) in [5.41, 5.74) is 0. The number of sulfone groups is 1. The van der Waals surface area contributed by atoms with E-state index in [1.54, 1.807) is 14.0 Å². The van der Waals surface area contributed by atoms with Crippen molar-refractivity contribution in [1.82, 2.24) is 4.90 Å². The molecule has 14 heavy (non-hydrogen) atoms. The first-order valence-corrected chi connectivity index (χ1v) is 6.70. The average molecular weight is 240 g/mol. The van der Waals surface area contributed by atoms with Crippen molar-refractivity contribution in [3.63, 3.8) is 0 Å². The zero-order chi connectivity index (χ0) is 10.9. The Morgan fingerprint density at radius 1 is 1.57 bits per heavy atom. The lowest BCUT2D eigenvalue weighted by Crippen LogP contribution is -2.41. The third kappa shape index (κ3) is 2.60. The number of nitrogens with zero attached hydrogens (tertiary/aromatic N) is 1. The van der Waals surface area contributed by atoms with E-state index in [4.69, 9.17) is 11.6 Å². The van der Waals surface area contributed by atoms with E-state index in [9.17, 15) is 13.2 Å². The first-order chi connectivity index (χ1) is 6.33. The molecule has 0 aromatic heterocycles. The quantitative estimate of drug-likeness (QED) is 0.650. The van der Waals surface area contributed by atoms with Crippen LogP contribution in [0.15, 0.2) is 0 Å². The van der Waals surface area contributed by atoms with Gasteiger partial charge in [0.1, 0.15) is 5.38 Å². The second-order valence-electron chi connectivity index (χ2n) is 3.62. The van der Waals surface area contributed by atoms with Crippen molar-refractivity contribution < 1.29 is 13.2 Å². The molecule has 0 N–H and O–H groups in total. The Morgan fingerprint density at radius 2 is 2.14 bits per heavy atom. The number of hydrogen-bond donors (Lipinski definition) is 0. The fourth-order valence-electron chi connectivity index (χ4n) is 1.54. The molecule has 0 aromatic rings.